The number of carbonyl (C=O) groups excluding carboxylic acids is 1. The van der Waals surface area contributed by atoms with Crippen molar-refractivity contribution in [2.75, 3.05) is 11.6 Å². The van der Waals surface area contributed by atoms with Gasteiger partial charge in [0.15, 0.2) is 9.84 Å². The highest BCUT2D eigenvalue weighted by Gasteiger charge is 2.11. The largest absolute Gasteiger partial charge is 0.322 e. The highest BCUT2D eigenvalue weighted by atomic mass is 32.2. The number of amides is 1. The fraction of sp³-hybridized carbons (Fsp3) is 0.143. The van der Waals surface area contributed by atoms with Gasteiger partial charge in [0, 0.05) is 29.3 Å². The maximum absolute atomic E-state index is 12.3. The van der Waals surface area contributed by atoms with E-state index in [9.17, 15) is 13.2 Å². The summed E-state index contributed by atoms with van der Waals surface area (Å²) in [7, 11) is -3.33. The number of para-hydroxylation sites is 1. The Morgan fingerprint density at radius 3 is 2.46 bits per heavy atom. The Kier molecular flexibility index (Phi) is 5.46. The van der Waals surface area contributed by atoms with Gasteiger partial charge in [0.1, 0.15) is 0 Å². The Bertz CT molecular complexity index is 1150. The van der Waals surface area contributed by atoms with E-state index in [4.69, 9.17) is 0 Å². The molecule has 0 fully saturated rings. The van der Waals surface area contributed by atoms with Crippen molar-refractivity contribution in [1.82, 2.24) is 9.78 Å². The summed E-state index contributed by atoms with van der Waals surface area (Å²) in [5.74, 6) is -0.350. The van der Waals surface area contributed by atoms with Crippen LogP contribution in [0.15, 0.2) is 65.6 Å². The number of aryl methyl sites for hydroxylation is 1. The standard InChI is InChI=1S/C21H21N3O3S/c1-15-20(16(2)24(23-15)18-9-5-4-6-10-18)12-13-21(25)22-17-8-7-11-19(14-17)28(3,26)27/h4-14H,1-3H3,(H,22,25)/b13-12+. The van der Waals surface area contributed by atoms with E-state index in [1.807, 2.05) is 48.9 Å². The summed E-state index contributed by atoms with van der Waals surface area (Å²) >= 11 is 0. The van der Waals surface area contributed by atoms with Crippen LogP contribution in [0.2, 0.25) is 0 Å². The minimum atomic E-state index is -3.33. The molecule has 144 valence electrons. The fourth-order valence-corrected chi connectivity index (χ4v) is 3.53. The Morgan fingerprint density at radius 2 is 1.79 bits per heavy atom. The minimum Gasteiger partial charge on any atom is -0.322 e. The maximum atomic E-state index is 12.3. The second-order valence-corrected chi connectivity index (χ2v) is 8.47. The molecule has 1 heterocycles. The van der Waals surface area contributed by atoms with Crippen molar-refractivity contribution in [3.05, 3.63) is 77.6 Å². The predicted octanol–water partition coefficient (Wildman–Crippen LogP) is 3.54. The molecule has 0 radical (unpaired) electrons. The molecule has 0 aliphatic rings. The second-order valence-electron chi connectivity index (χ2n) is 6.45. The van der Waals surface area contributed by atoms with Crippen molar-refractivity contribution in [3.63, 3.8) is 0 Å². The molecule has 3 rings (SSSR count). The van der Waals surface area contributed by atoms with Gasteiger partial charge in [-0.2, -0.15) is 5.10 Å². The number of hydrogen-bond donors (Lipinski definition) is 1. The van der Waals surface area contributed by atoms with Crippen LogP contribution in [0.5, 0.6) is 0 Å². The average molecular weight is 395 g/mol. The molecule has 0 aliphatic heterocycles. The lowest BCUT2D eigenvalue weighted by Crippen LogP contribution is -2.08. The van der Waals surface area contributed by atoms with Gasteiger partial charge in [-0.3, -0.25) is 4.79 Å². The highest BCUT2D eigenvalue weighted by Crippen LogP contribution is 2.19. The molecular formula is C21H21N3O3S. The molecule has 1 amide bonds. The lowest BCUT2D eigenvalue weighted by Gasteiger charge is -2.05. The molecule has 0 saturated heterocycles. The third-order valence-electron chi connectivity index (χ3n) is 4.28. The molecule has 28 heavy (non-hydrogen) atoms. The number of nitrogens with zero attached hydrogens (tertiary/aromatic N) is 2. The Morgan fingerprint density at radius 1 is 1.07 bits per heavy atom. The van der Waals surface area contributed by atoms with E-state index in [1.165, 1.54) is 18.2 Å². The Hall–Kier alpha value is -3.19. The van der Waals surface area contributed by atoms with Crippen molar-refractivity contribution < 1.29 is 13.2 Å². The van der Waals surface area contributed by atoms with Gasteiger partial charge in [-0.05, 0) is 50.3 Å². The molecule has 0 saturated carbocycles. The smallest absolute Gasteiger partial charge is 0.248 e. The molecule has 1 aromatic heterocycles. The number of hydrogen-bond acceptors (Lipinski definition) is 4. The molecule has 0 aliphatic carbocycles. The lowest BCUT2D eigenvalue weighted by atomic mass is 10.2. The van der Waals surface area contributed by atoms with Crippen LogP contribution in [-0.4, -0.2) is 30.4 Å². The van der Waals surface area contributed by atoms with E-state index in [0.717, 1.165) is 28.9 Å². The van der Waals surface area contributed by atoms with Gasteiger partial charge in [0.05, 0.1) is 16.3 Å². The van der Waals surface area contributed by atoms with E-state index in [1.54, 1.807) is 18.2 Å². The zero-order chi connectivity index (χ0) is 20.3. The van der Waals surface area contributed by atoms with Crippen LogP contribution in [0.1, 0.15) is 17.0 Å². The van der Waals surface area contributed by atoms with Crippen molar-refractivity contribution in [1.29, 1.82) is 0 Å². The molecular weight excluding hydrogens is 374 g/mol. The van der Waals surface area contributed by atoms with Gasteiger partial charge in [-0.1, -0.05) is 24.3 Å². The van der Waals surface area contributed by atoms with Crippen LogP contribution >= 0.6 is 0 Å². The summed E-state index contributed by atoms with van der Waals surface area (Å²) in [5.41, 5.74) is 3.97. The first kappa shape index (κ1) is 19.6. The van der Waals surface area contributed by atoms with E-state index in [2.05, 4.69) is 10.4 Å². The van der Waals surface area contributed by atoms with Crippen molar-refractivity contribution >= 4 is 27.5 Å². The SMILES string of the molecule is Cc1nn(-c2ccccc2)c(C)c1/C=C/C(=O)Nc1cccc(S(C)(=O)=O)c1. The summed E-state index contributed by atoms with van der Waals surface area (Å²) in [4.78, 5) is 12.4. The molecule has 3 aromatic rings. The number of sulfone groups is 1. The zero-order valence-corrected chi connectivity index (χ0v) is 16.7. The molecule has 0 bridgehead atoms. The maximum Gasteiger partial charge on any atom is 0.248 e. The first-order chi connectivity index (χ1) is 13.3. The third-order valence-corrected chi connectivity index (χ3v) is 5.39. The lowest BCUT2D eigenvalue weighted by molar-refractivity contribution is -0.111. The molecule has 0 atom stereocenters. The van der Waals surface area contributed by atoms with Crippen molar-refractivity contribution in [3.8, 4) is 5.69 Å². The van der Waals surface area contributed by atoms with Crippen molar-refractivity contribution in [2.24, 2.45) is 0 Å². The van der Waals surface area contributed by atoms with Crippen LogP contribution in [0.25, 0.3) is 11.8 Å². The Balaban J connectivity index is 1.79. The highest BCUT2D eigenvalue weighted by molar-refractivity contribution is 7.90. The van der Waals surface area contributed by atoms with Crippen LogP contribution < -0.4 is 5.32 Å². The molecule has 6 nitrogen and oxygen atoms in total. The summed E-state index contributed by atoms with van der Waals surface area (Å²) < 4.78 is 25.1. The molecule has 0 spiro atoms. The Labute approximate surface area is 164 Å². The second kappa shape index (κ2) is 7.82. The predicted molar refractivity (Wildman–Crippen MR) is 110 cm³/mol. The van der Waals surface area contributed by atoms with E-state index in [-0.39, 0.29) is 10.8 Å². The van der Waals surface area contributed by atoms with E-state index >= 15 is 0 Å². The van der Waals surface area contributed by atoms with Gasteiger partial charge >= 0.3 is 0 Å². The number of benzene rings is 2. The first-order valence-electron chi connectivity index (χ1n) is 8.66. The van der Waals surface area contributed by atoms with E-state index in [0.29, 0.717) is 5.69 Å². The molecule has 2 aromatic carbocycles. The molecule has 1 N–H and O–H groups in total. The van der Waals surface area contributed by atoms with Crippen LogP contribution in [-0.2, 0) is 14.6 Å². The monoisotopic (exact) mass is 395 g/mol. The zero-order valence-electron chi connectivity index (χ0n) is 15.9. The topological polar surface area (TPSA) is 81.1 Å². The quantitative estimate of drug-likeness (QED) is 0.670. The number of aromatic nitrogens is 2. The average Bonchev–Trinajstić information content (AvgIpc) is 2.94. The molecule has 0 unspecified atom stereocenters. The summed E-state index contributed by atoms with van der Waals surface area (Å²) in [6.45, 7) is 3.83. The van der Waals surface area contributed by atoms with Crippen molar-refractivity contribution in [2.45, 2.75) is 18.7 Å². The summed E-state index contributed by atoms with van der Waals surface area (Å²) in [6.07, 6.45) is 4.26. The van der Waals surface area contributed by atoms with Gasteiger partial charge in [-0.15, -0.1) is 0 Å². The number of anilines is 1. The van der Waals surface area contributed by atoms with Crippen LogP contribution in [0.4, 0.5) is 5.69 Å². The van der Waals surface area contributed by atoms with Crippen LogP contribution in [0.3, 0.4) is 0 Å². The van der Waals surface area contributed by atoms with Gasteiger partial charge in [0.2, 0.25) is 5.91 Å². The minimum absolute atomic E-state index is 0.158. The van der Waals surface area contributed by atoms with E-state index < -0.39 is 9.84 Å². The van der Waals surface area contributed by atoms with Gasteiger partial charge in [0.25, 0.3) is 0 Å². The number of nitrogens with one attached hydrogen (secondary N) is 1. The molecule has 7 heteroatoms. The van der Waals surface area contributed by atoms with Crippen LogP contribution in [0, 0.1) is 13.8 Å². The fourth-order valence-electron chi connectivity index (χ4n) is 2.86. The third kappa shape index (κ3) is 4.37. The normalized spacial score (nSPS) is 11.7. The summed E-state index contributed by atoms with van der Waals surface area (Å²) in [6, 6.07) is 15.9. The van der Waals surface area contributed by atoms with Gasteiger partial charge < -0.3 is 5.32 Å². The van der Waals surface area contributed by atoms with Gasteiger partial charge in [-0.25, -0.2) is 13.1 Å². The first-order valence-corrected chi connectivity index (χ1v) is 10.6. The summed E-state index contributed by atoms with van der Waals surface area (Å²) in [5, 5.41) is 7.23. The number of rotatable bonds is 5. The number of carbonyl (C=O) groups is 1.